The van der Waals surface area contributed by atoms with Crippen LogP contribution in [0.4, 0.5) is 5.69 Å². The average molecular weight is 408 g/mol. The molecule has 0 saturated carbocycles. The Labute approximate surface area is 167 Å². The minimum atomic E-state index is -3.46. The Morgan fingerprint density at radius 3 is 2.41 bits per heavy atom. The maximum atomic E-state index is 12.2. The minimum absolute atomic E-state index is 0.249. The summed E-state index contributed by atoms with van der Waals surface area (Å²) in [5, 5.41) is 0.527. The summed E-state index contributed by atoms with van der Waals surface area (Å²) in [5.74, 6) is 0. The second kappa shape index (κ2) is 9.06. The number of hydrogen-bond acceptors (Lipinski definition) is 4. The van der Waals surface area contributed by atoms with Crippen molar-refractivity contribution in [1.29, 1.82) is 0 Å². The van der Waals surface area contributed by atoms with Gasteiger partial charge in [-0.15, -0.1) is 0 Å². The molecule has 0 amide bonds. The molecule has 146 valence electrons. The van der Waals surface area contributed by atoms with E-state index in [0.717, 1.165) is 39.1 Å². The quantitative estimate of drug-likeness (QED) is 0.716. The molecule has 7 heteroatoms. The summed E-state index contributed by atoms with van der Waals surface area (Å²) in [6, 6.07) is 14.8. The molecule has 0 aliphatic carbocycles. The van der Waals surface area contributed by atoms with Crippen molar-refractivity contribution in [3.63, 3.8) is 0 Å². The third kappa shape index (κ3) is 5.69. The number of nitrogens with one attached hydrogen (secondary N) is 1. The van der Waals surface area contributed by atoms with Crippen molar-refractivity contribution in [2.24, 2.45) is 0 Å². The fraction of sp³-hybridized carbons (Fsp3) is 0.400. The number of aryl methyl sites for hydroxylation is 1. The molecule has 2 aromatic rings. The minimum Gasteiger partial charge on any atom is -0.369 e. The first-order chi connectivity index (χ1) is 12.9. The van der Waals surface area contributed by atoms with Crippen molar-refractivity contribution >= 4 is 27.3 Å². The number of sulfonamides is 1. The van der Waals surface area contributed by atoms with Gasteiger partial charge >= 0.3 is 0 Å². The molecule has 0 spiro atoms. The Hall–Kier alpha value is -1.60. The lowest BCUT2D eigenvalue weighted by Gasteiger charge is -2.36. The van der Waals surface area contributed by atoms with Gasteiger partial charge in [0.05, 0.1) is 4.90 Å². The average Bonchev–Trinajstić information content (AvgIpc) is 2.66. The van der Waals surface area contributed by atoms with Gasteiger partial charge in [-0.1, -0.05) is 23.7 Å². The predicted octanol–water partition coefficient (Wildman–Crippen LogP) is 3.14. The SMILES string of the molecule is Cc1cccc(N2CCN(CCCNS(=O)(=O)c3ccc(Cl)cc3)CC2)c1. The number of hydrogen-bond donors (Lipinski definition) is 1. The lowest BCUT2D eigenvalue weighted by atomic mass is 10.2. The van der Waals surface area contributed by atoms with Crippen molar-refractivity contribution in [3.05, 3.63) is 59.1 Å². The van der Waals surface area contributed by atoms with E-state index in [2.05, 4.69) is 45.7 Å². The first-order valence-electron chi connectivity index (χ1n) is 9.23. The summed E-state index contributed by atoms with van der Waals surface area (Å²) >= 11 is 5.81. The molecule has 0 radical (unpaired) electrons. The van der Waals surface area contributed by atoms with E-state index in [1.165, 1.54) is 23.4 Å². The molecular formula is C20H26ClN3O2S. The Balaban J connectivity index is 1.40. The molecule has 3 rings (SSSR count). The van der Waals surface area contributed by atoms with Gasteiger partial charge in [0.15, 0.2) is 0 Å². The second-order valence-electron chi connectivity index (χ2n) is 6.87. The van der Waals surface area contributed by atoms with Crippen molar-refractivity contribution in [2.75, 3.05) is 44.2 Å². The summed E-state index contributed by atoms with van der Waals surface area (Å²) < 4.78 is 27.2. The van der Waals surface area contributed by atoms with Gasteiger partial charge in [0.1, 0.15) is 0 Å². The van der Waals surface area contributed by atoms with E-state index in [1.54, 1.807) is 12.1 Å². The van der Waals surface area contributed by atoms with Crippen LogP contribution in [0.2, 0.25) is 5.02 Å². The highest BCUT2D eigenvalue weighted by atomic mass is 35.5. The van der Waals surface area contributed by atoms with E-state index >= 15 is 0 Å². The topological polar surface area (TPSA) is 52.6 Å². The number of benzene rings is 2. The van der Waals surface area contributed by atoms with E-state index in [4.69, 9.17) is 11.6 Å². The largest absolute Gasteiger partial charge is 0.369 e. The smallest absolute Gasteiger partial charge is 0.240 e. The molecule has 2 aromatic carbocycles. The van der Waals surface area contributed by atoms with Crippen LogP contribution in [0.5, 0.6) is 0 Å². The van der Waals surface area contributed by atoms with Gasteiger partial charge < -0.3 is 4.90 Å². The van der Waals surface area contributed by atoms with Crippen LogP contribution in [0.25, 0.3) is 0 Å². The first kappa shape index (κ1) is 20.1. The van der Waals surface area contributed by atoms with Gasteiger partial charge in [0.25, 0.3) is 0 Å². The van der Waals surface area contributed by atoms with Gasteiger partial charge in [-0.3, -0.25) is 4.90 Å². The molecule has 1 aliphatic heterocycles. The molecule has 0 atom stereocenters. The van der Waals surface area contributed by atoms with Gasteiger partial charge in [0.2, 0.25) is 10.0 Å². The summed E-state index contributed by atoms with van der Waals surface area (Å²) in [4.78, 5) is 5.05. The Kier molecular flexibility index (Phi) is 6.76. The molecule has 0 aromatic heterocycles. The number of piperazine rings is 1. The Morgan fingerprint density at radius 1 is 1.04 bits per heavy atom. The molecule has 1 N–H and O–H groups in total. The predicted molar refractivity (Wildman–Crippen MR) is 111 cm³/mol. The molecule has 1 aliphatic rings. The van der Waals surface area contributed by atoms with E-state index < -0.39 is 10.0 Å². The summed E-state index contributed by atoms with van der Waals surface area (Å²) in [5.41, 5.74) is 2.56. The lowest BCUT2D eigenvalue weighted by Crippen LogP contribution is -2.47. The number of nitrogens with zero attached hydrogens (tertiary/aromatic N) is 2. The highest BCUT2D eigenvalue weighted by Crippen LogP contribution is 2.18. The number of anilines is 1. The van der Waals surface area contributed by atoms with Crippen LogP contribution in [0, 0.1) is 6.92 Å². The normalized spacial score (nSPS) is 15.9. The highest BCUT2D eigenvalue weighted by molar-refractivity contribution is 7.89. The Bertz CT molecular complexity index is 848. The van der Waals surface area contributed by atoms with Gasteiger partial charge in [-0.25, -0.2) is 13.1 Å². The summed E-state index contributed by atoms with van der Waals surface area (Å²) in [7, 11) is -3.46. The zero-order chi connectivity index (χ0) is 19.3. The second-order valence-corrected chi connectivity index (χ2v) is 9.08. The summed E-state index contributed by atoms with van der Waals surface area (Å²) in [6.45, 7) is 7.44. The van der Waals surface area contributed by atoms with Crippen LogP contribution >= 0.6 is 11.6 Å². The zero-order valence-electron chi connectivity index (χ0n) is 15.6. The number of halogens is 1. The fourth-order valence-corrected chi connectivity index (χ4v) is 4.46. The highest BCUT2D eigenvalue weighted by Gasteiger charge is 2.17. The molecule has 5 nitrogen and oxygen atoms in total. The summed E-state index contributed by atoms with van der Waals surface area (Å²) in [6.07, 6.45) is 0.789. The van der Waals surface area contributed by atoms with Crippen molar-refractivity contribution in [1.82, 2.24) is 9.62 Å². The van der Waals surface area contributed by atoms with Gasteiger partial charge in [0, 0.05) is 43.4 Å². The van der Waals surface area contributed by atoms with Crippen molar-refractivity contribution < 1.29 is 8.42 Å². The lowest BCUT2D eigenvalue weighted by molar-refractivity contribution is 0.255. The van der Waals surface area contributed by atoms with Crippen LogP contribution in [0.3, 0.4) is 0 Å². The first-order valence-corrected chi connectivity index (χ1v) is 11.1. The van der Waals surface area contributed by atoms with E-state index in [-0.39, 0.29) is 4.90 Å². The Morgan fingerprint density at radius 2 is 1.74 bits per heavy atom. The zero-order valence-corrected chi connectivity index (χ0v) is 17.1. The van der Waals surface area contributed by atoms with Crippen molar-refractivity contribution in [3.8, 4) is 0 Å². The standard InChI is InChI=1S/C20H26ClN3O2S/c1-17-4-2-5-19(16-17)24-14-12-23(13-15-24)11-3-10-22-27(25,26)20-8-6-18(21)7-9-20/h2,4-9,16,22H,3,10-15H2,1H3. The molecule has 0 unspecified atom stereocenters. The molecule has 1 heterocycles. The number of rotatable bonds is 7. The monoisotopic (exact) mass is 407 g/mol. The molecule has 1 fully saturated rings. The molecule has 1 saturated heterocycles. The van der Waals surface area contributed by atoms with Crippen LogP contribution in [0.1, 0.15) is 12.0 Å². The van der Waals surface area contributed by atoms with Gasteiger partial charge in [-0.2, -0.15) is 0 Å². The third-order valence-electron chi connectivity index (χ3n) is 4.81. The maximum absolute atomic E-state index is 12.2. The van der Waals surface area contributed by atoms with E-state index in [0.29, 0.717) is 11.6 Å². The molecule has 27 heavy (non-hydrogen) atoms. The third-order valence-corrected chi connectivity index (χ3v) is 6.54. The molecular weight excluding hydrogens is 382 g/mol. The van der Waals surface area contributed by atoms with Gasteiger partial charge in [-0.05, 0) is 61.9 Å². The van der Waals surface area contributed by atoms with E-state index in [9.17, 15) is 8.42 Å². The fourth-order valence-electron chi connectivity index (χ4n) is 3.26. The van der Waals surface area contributed by atoms with Crippen LogP contribution in [0.15, 0.2) is 53.4 Å². The molecule has 0 bridgehead atoms. The van der Waals surface area contributed by atoms with Crippen molar-refractivity contribution in [2.45, 2.75) is 18.2 Å². The van der Waals surface area contributed by atoms with Crippen LogP contribution < -0.4 is 9.62 Å². The van der Waals surface area contributed by atoms with E-state index in [1.807, 2.05) is 0 Å². The maximum Gasteiger partial charge on any atom is 0.240 e. The van der Waals surface area contributed by atoms with Crippen LogP contribution in [-0.4, -0.2) is 52.6 Å². The van der Waals surface area contributed by atoms with Crippen LogP contribution in [-0.2, 0) is 10.0 Å².